The van der Waals surface area contributed by atoms with Gasteiger partial charge in [-0.3, -0.25) is 0 Å². The van der Waals surface area contributed by atoms with Crippen molar-refractivity contribution >= 4 is 5.96 Å². The number of rotatable bonds is 6. The normalized spacial score (nSPS) is 17.9. The summed E-state index contributed by atoms with van der Waals surface area (Å²) >= 11 is 0. The Bertz CT molecular complexity index is 646. The fraction of sp³-hybridized carbons (Fsp3) is 0.444. The monoisotopic (exact) mass is 327 g/mol. The average Bonchev–Trinajstić information content (AvgIpc) is 3.30. The summed E-state index contributed by atoms with van der Waals surface area (Å²) in [5.41, 5.74) is 2.14. The van der Waals surface area contributed by atoms with Crippen molar-refractivity contribution in [3.63, 3.8) is 0 Å². The SMILES string of the molecule is CCNC(=NCc1ncc(-c2ccccc2)[nH]1)NCC1CCCO1. The molecule has 128 valence electrons. The number of imidazole rings is 1. The molecule has 0 spiro atoms. The topological polar surface area (TPSA) is 74.3 Å². The second-order valence-electron chi connectivity index (χ2n) is 5.82. The predicted molar refractivity (Wildman–Crippen MR) is 95.8 cm³/mol. The van der Waals surface area contributed by atoms with Crippen LogP contribution in [0.4, 0.5) is 0 Å². The van der Waals surface area contributed by atoms with Gasteiger partial charge in [0.25, 0.3) is 0 Å². The summed E-state index contributed by atoms with van der Waals surface area (Å²) in [6.07, 6.45) is 4.41. The first-order valence-electron chi connectivity index (χ1n) is 8.58. The molecule has 1 aliphatic rings. The molecule has 1 aromatic carbocycles. The van der Waals surface area contributed by atoms with E-state index >= 15 is 0 Å². The largest absolute Gasteiger partial charge is 0.376 e. The number of nitrogens with zero attached hydrogens (tertiary/aromatic N) is 2. The van der Waals surface area contributed by atoms with Crippen molar-refractivity contribution in [3.8, 4) is 11.3 Å². The van der Waals surface area contributed by atoms with Crippen molar-refractivity contribution in [1.82, 2.24) is 20.6 Å². The molecule has 6 nitrogen and oxygen atoms in total. The molecule has 3 N–H and O–H groups in total. The Morgan fingerprint density at radius 3 is 2.96 bits per heavy atom. The molecule has 2 heterocycles. The van der Waals surface area contributed by atoms with E-state index in [0.717, 1.165) is 55.6 Å². The zero-order valence-electron chi connectivity index (χ0n) is 14.1. The Hall–Kier alpha value is -2.34. The van der Waals surface area contributed by atoms with Crippen molar-refractivity contribution in [2.24, 2.45) is 4.99 Å². The maximum atomic E-state index is 5.63. The molecule has 1 atom stereocenters. The minimum Gasteiger partial charge on any atom is -0.376 e. The lowest BCUT2D eigenvalue weighted by molar-refractivity contribution is 0.114. The molecule has 0 saturated carbocycles. The van der Waals surface area contributed by atoms with E-state index in [1.807, 2.05) is 24.4 Å². The van der Waals surface area contributed by atoms with E-state index in [1.165, 1.54) is 0 Å². The van der Waals surface area contributed by atoms with Crippen molar-refractivity contribution in [2.75, 3.05) is 19.7 Å². The van der Waals surface area contributed by atoms with Gasteiger partial charge in [0.15, 0.2) is 5.96 Å². The van der Waals surface area contributed by atoms with Gasteiger partial charge < -0.3 is 20.4 Å². The summed E-state index contributed by atoms with van der Waals surface area (Å²) in [7, 11) is 0. The molecule has 1 saturated heterocycles. The van der Waals surface area contributed by atoms with Crippen LogP contribution in [-0.2, 0) is 11.3 Å². The fourth-order valence-electron chi connectivity index (χ4n) is 2.72. The van der Waals surface area contributed by atoms with Crippen molar-refractivity contribution in [3.05, 3.63) is 42.4 Å². The molecular weight excluding hydrogens is 302 g/mol. The zero-order valence-corrected chi connectivity index (χ0v) is 14.1. The van der Waals surface area contributed by atoms with Gasteiger partial charge in [0.05, 0.1) is 18.0 Å². The molecule has 1 aromatic heterocycles. The maximum absolute atomic E-state index is 5.63. The van der Waals surface area contributed by atoms with Gasteiger partial charge in [0.1, 0.15) is 12.4 Å². The molecule has 24 heavy (non-hydrogen) atoms. The molecule has 6 heteroatoms. The van der Waals surface area contributed by atoms with E-state index in [2.05, 4.69) is 44.7 Å². The van der Waals surface area contributed by atoms with E-state index in [0.29, 0.717) is 12.6 Å². The van der Waals surface area contributed by atoms with Gasteiger partial charge in [-0.2, -0.15) is 0 Å². The Morgan fingerprint density at radius 1 is 1.33 bits per heavy atom. The number of hydrogen-bond acceptors (Lipinski definition) is 3. The summed E-state index contributed by atoms with van der Waals surface area (Å²) in [6.45, 7) is 5.05. The third kappa shape index (κ3) is 4.58. The fourth-order valence-corrected chi connectivity index (χ4v) is 2.72. The van der Waals surface area contributed by atoms with Crippen LogP contribution in [0.25, 0.3) is 11.3 Å². The molecule has 0 radical (unpaired) electrons. The lowest BCUT2D eigenvalue weighted by atomic mass is 10.2. The number of nitrogens with one attached hydrogen (secondary N) is 3. The number of aromatic nitrogens is 2. The highest BCUT2D eigenvalue weighted by Crippen LogP contribution is 2.16. The number of H-pyrrole nitrogens is 1. The summed E-state index contributed by atoms with van der Waals surface area (Å²) in [4.78, 5) is 12.3. The van der Waals surface area contributed by atoms with Crippen LogP contribution in [0.5, 0.6) is 0 Å². The number of aromatic amines is 1. The second-order valence-corrected chi connectivity index (χ2v) is 5.82. The summed E-state index contributed by atoms with van der Waals surface area (Å²) < 4.78 is 5.63. The van der Waals surface area contributed by atoms with Crippen LogP contribution in [0, 0.1) is 0 Å². The lowest BCUT2D eigenvalue weighted by Crippen LogP contribution is -2.41. The van der Waals surface area contributed by atoms with E-state index in [1.54, 1.807) is 0 Å². The van der Waals surface area contributed by atoms with Crippen LogP contribution in [0.3, 0.4) is 0 Å². The van der Waals surface area contributed by atoms with Crippen LogP contribution < -0.4 is 10.6 Å². The van der Waals surface area contributed by atoms with Gasteiger partial charge >= 0.3 is 0 Å². The zero-order chi connectivity index (χ0) is 16.6. The Labute approximate surface area is 142 Å². The van der Waals surface area contributed by atoms with Crippen molar-refractivity contribution in [2.45, 2.75) is 32.4 Å². The minimum atomic E-state index is 0.294. The standard InChI is InChI=1S/C18H25N5O/c1-2-19-18(21-11-15-9-6-10-24-15)22-13-17-20-12-16(23-17)14-7-4-3-5-8-14/h3-5,7-8,12,15H,2,6,9-11,13H2,1H3,(H,20,23)(H2,19,21,22). The highest BCUT2D eigenvalue weighted by atomic mass is 16.5. The third-order valence-corrected chi connectivity index (χ3v) is 3.97. The number of guanidine groups is 1. The number of benzene rings is 1. The van der Waals surface area contributed by atoms with Gasteiger partial charge in [-0.05, 0) is 25.3 Å². The maximum Gasteiger partial charge on any atom is 0.191 e. The van der Waals surface area contributed by atoms with Gasteiger partial charge in [-0.15, -0.1) is 0 Å². The van der Waals surface area contributed by atoms with Crippen LogP contribution in [0.1, 0.15) is 25.6 Å². The van der Waals surface area contributed by atoms with E-state index in [9.17, 15) is 0 Å². The number of hydrogen-bond donors (Lipinski definition) is 3. The van der Waals surface area contributed by atoms with E-state index in [4.69, 9.17) is 4.74 Å². The third-order valence-electron chi connectivity index (χ3n) is 3.97. The second kappa shape index (κ2) is 8.49. The smallest absolute Gasteiger partial charge is 0.191 e. The molecule has 3 rings (SSSR count). The van der Waals surface area contributed by atoms with Crippen LogP contribution >= 0.6 is 0 Å². The average molecular weight is 327 g/mol. The molecule has 0 bridgehead atoms. The van der Waals surface area contributed by atoms with Crippen LogP contribution in [0.2, 0.25) is 0 Å². The summed E-state index contributed by atoms with van der Waals surface area (Å²) in [5.74, 6) is 1.65. The molecule has 1 unspecified atom stereocenters. The van der Waals surface area contributed by atoms with E-state index in [-0.39, 0.29) is 0 Å². The first-order chi connectivity index (χ1) is 11.8. The Kier molecular flexibility index (Phi) is 5.85. The summed E-state index contributed by atoms with van der Waals surface area (Å²) in [6, 6.07) is 10.2. The Balaban J connectivity index is 1.58. The molecule has 1 fully saturated rings. The lowest BCUT2D eigenvalue weighted by Gasteiger charge is -2.14. The van der Waals surface area contributed by atoms with Gasteiger partial charge in [0.2, 0.25) is 0 Å². The number of aliphatic imine (C=N–C) groups is 1. The van der Waals surface area contributed by atoms with Crippen LogP contribution in [0.15, 0.2) is 41.5 Å². The first kappa shape index (κ1) is 16.5. The molecule has 0 amide bonds. The molecule has 0 aliphatic carbocycles. The van der Waals surface area contributed by atoms with Gasteiger partial charge in [0, 0.05) is 19.7 Å². The molecule has 2 aromatic rings. The van der Waals surface area contributed by atoms with Gasteiger partial charge in [-0.1, -0.05) is 30.3 Å². The van der Waals surface area contributed by atoms with Crippen molar-refractivity contribution < 1.29 is 4.74 Å². The first-order valence-corrected chi connectivity index (χ1v) is 8.58. The molecule has 1 aliphatic heterocycles. The highest BCUT2D eigenvalue weighted by molar-refractivity contribution is 5.79. The quantitative estimate of drug-likeness (QED) is 0.562. The highest BCUT2D eigenvalue weighted by Gasteiger charge is 2.15. The summed E-state index contributed by atoms with van der Waals surface area (Å²) in [5, 5.41) is 6.60. The predicted octanol–water partition coefficient (Wildman–Crippen LogP) is 2.31. The van der Waals surface area contributed by atoms with Crippen LogP contribution in [-0.4, -0.2) is 41.7 Å². The van der Waals surface area contributed by atoms with Crippen molar-refractivity contribution in [1.29, 1.82) is 0 Å². The van der Waals surface area contributed by atoms with Gasteiger partial charge in [-0.25, -0.2) is 9.98 Å². The molecular formula is C18H25N5O. The Morgan fingerprint density at radius 2 is 2.21 bits per heavy atom. The minimum absolute atomic E-state index is 0.294. The number of ether oxygens (including phenoxy) is 1. The van der Waals surface area contributed by atoms with E-state index < -0.39 is 0 Å².